The monoisotopic (exact) mass is 548 g/mol. The van der Waals surface area contributed by atoms with Crippen molar-refractivity contribution < 1.29 is 29.4 Å². The molecule has 210 valence electrons. The molecular formula is C29H41ClN2O6. The highest BCUT2D eigenvalue weighted by Gasteiger charge is 2.41. The second-order valence-corrected chi connectivity index (χ2v) is 10.4. The van der Waals surface area contributed by atoms with Crippen LogP contribution in [-0.2, 0) is 20.9 Å². The molecule has 1 aliphatic rings. The first kappa shape index (κ1) is 31.2. The van der Waals surface area contributed by atoms with Gasteiger partial charge in [-0.2, -0.15) is 0 Å². The minimum atomic E-state index is -1.01. The molecule has 9 heteroatoms. The van der Waals surface area contributed by atoms with Crippen molar-refractivity contribution in [1.29, 1.82) is 0 Å². The average molecular weight is 549 g/mol. The third-order valence-electron chi connectivity index (χ3n) is 7.84. The van der Waals surface area contributed by atoms with Gasteiger partial charge in [-0.15, -0.1) is 0 Å². The van der Waals surface area contributed by atoms with Crippen LogP contribution in [0.25, 0.3) is 0 Å². The van der Waals surface area contributed by atoms with E-state index < -0.39 is 12.1 Å². The summed E-state index contributed by atoms with van der Waals surface area (Å²) < 4.78 is 5.53. The van der Waals surface area contributed by atoms with Gasteiger partial charge in [0.1, 0.15) is 18.6 Å². The van der Waals surface area contributed by atoms with E-state index in [0.717, 1.165) is 24.1 Å². The summed E-state index contributed by atoms with van der Waals surface area (Å²) in [7, 11) is 2.96. The van der Waals surface area contributed by atoms with Crippen molar-refractivity contribution in [3.8, 4) is 11.5 Å². The molecule has 1 fully saturated rings. The summed E-state index contributed by atoms with van der Waals surface area (Å²) in [4.78, 5) is 21.5. The van der Waals surface area contributed by atoms with Crippen LogP contribution in [0.15, 0.2) is 34.1 Å². The number of aromatic hydroxyl groups is 1. The molecule has 0 heterocycles. The Morgan fingerprint density at radius 1 is 1.32 bits per heavy atom. The lowest BCUT2D eigenvalue weighted by atomic mass is 9.61. The first-order chi connectivity index (χ1) is 17.9. The number of phenolic OH excluding ortho intramolecular Hbond substituents is 1. The maximum Gasteiger partial charge on any atom is 0.347 e. The number of aliphatic carboxylic acids is 1. The zero-order chi connectivity index (χ0) is 28.6. The van der Waals surface area contributed by atoms with Gasteiger partial charge in [-0.1, -0.05) is 73.4 Å². The number of carbonyl (C=O) groups is 1. The molecule has 8 nitrogen and oxygen atoms in total. The molecule has 0 amide bonds. The first-order valence-corrected chi connectivity index (χ1v) is 13.3. The van der Waals surface area contributed by atoms with Crippen LogP contribution >= 0.6 is 11.6 Å². The summed E-state index contributed by atoms with van der Waals surface area (Å²) in [6.07, 6.45) is 9.24. The number of rotatable bonds is 11. The molecule has 1 aliphatic carbocycles. The highest BCUT2D eigenvalue weighted by atomic mass is 35.5. The van der Waals surface area contributed by atoms with Gasteiger partial charge in [-0.3, -0.25) is 0 Å². The number of phenols is 1. The van der Waals surface area contributed by atoms with Crippen LogP contribution in [0.5, 0.6) is 11.5 Å². The average Bonchev–Trinajstić information content (AvgIpc) is 2.88. The Hall–Kier alpha value is -3.00. The molecule has 4 atom stereocenters. The number of nitrogens with zero attached hydrogens (tertiary/aromatic N) is 2. The Morgan fingerprint density at radius 3 is 2.58 bits per heavy atom. The third kappa shape index (κ3) is 6.90. The zero-order valence-corrected chi connectivity index (χ0v) is 24.4. The Morgan fingerprint density at radius 2 is 2.00 bits per heavy atom. The minimum absolute atomic E-state index is 0.0478. The molecule has 0 saturated heterocycles. The van der Waals surface area contributed by atoms with Gasteiger partial charge in [-0.25, -0.2) is 4.79 Å². The van der Waals surface area contributed by atoms with Gasteiger partial charge < -0.3 is 24.6 Å². The molecule has 0 bridgehead atoms. The molecule has 38 heavy (non-hydrogen) atoms. The quantitative estimate of drug-likeness (QED) is 0.181. The Bertz CT molecular complexity index is 1130. The number of carboxylic acid groups (broad SMARTS) is 1. The van der Waals surface area contributed by atoms with Crippen molar-refractivity contribution in [2.75, 3.05) is 14.2 Å². The van der Waals surface area contributed by atoms with E-state index in [0.29, 0.717) is 46.2 Å². The van der Waals surface area contributed by atoms with Crippen LogP contribution in [0.1, 0.15) is 70.6 Å². The van der Waals surface area contributed by atoms with E-state index in [2.05, 4.69) is 43.2 Å². The highest BCUT2D eigenvalue weighted by molar-refractivity contribution is 6.33. The summed E-state index contributed by atoms with van der Waals surface area (Å²) in [6.45, 7) is 12.1. The van der Waals surface area contributed by atoms with Crippen molar-refractivity contribution in [1.82, 2.24) is 0 Å². The number of carboxylic acids is 1. The van der Waals surface area contributed by atoms with Crippen molar-refractivity contribution in [3.05, 3.63) is 45.5 Å². The van der Waals surface area contributed by atoms with Gasteiger partial charge >= 0.3 is 5.97 Å². The van der Waals surface area contributed by atoms with E-state index in [4.69, 9.17) is 26.0 Å². The number of methoxy groups -OCH3 is 1. The predicted octanol–water partition coefficient (Wildman–Crippen LogP) is 6.70. The molecule has 0 aromatic heterocycles. The van der Waals surface area contributed by atoms with Crippen LogP contribution in [0.2, 0.25) is 5.02 Å². The van der Waals surface area contributed by atoms with Gasteiger partial charge in [-0.05, 0) is 56.4 Å². The van der Waals surface area contributed by atoms with Crippen LogP contribution in [0.3, 0.4) is 0 Å². The number of allylic oxidation sites excluding steroid dienone is 4. The summed E-state index contributed by atoms with van der Waals surface area (Å²) in [5.74, 6) is -0.0633. The zero-order valence-electron chi connectivity index (χ0n) is 23.7. The number of benzene rings is 1. The van der Waals surface area contributed by atoms with Gasteiger partial charge in [0.25, 0.3) is 0 Å². The van der Waals surface area contributed by atoms with E-state index in [1.54, 1.807) is 13.8 Å². The fraction of sp³-hybridized carbons (Fsp3) is 0.552. The molecule has 0 radical (unpaired) electrons. The number of hydrogen-bond donors (Lipinski definition) is 2. The molecule has 1 unspecified atom stereocenters. The second-order valence-electron chi connectivity index (χ2n) is 10.1. The second kappa shape index (κ2) is 13.7. The molecule has 1 aromatic rings. The Kier molecular flexibility index (Phi) is 11.2. The molecule has 2 N–H and O–H groups in total. The molecule has 1 aromatic carbocycles. The Labute approximate surface area is 231 Å². The first-order valence-electron chi connectivity index (χ1n) is 12.9. The summed E-state index contributed by atoms with van der Waals surface area (Å²) in [5.41, 5.74) is 3.38. The molecule has 2 rings (SSSR count). The summed E-state index contributed by atoms with van der Waals surface area (Å²) in [5, 5.41) is 28.7. The van der Waals surface area contributed by atoms with Crippen LogP contribution in [0, 0.1) is 24.2 Å². The van der Waals surface area contributed by atoms with Gasteiger partial charge in [0.15, 0.2) is 0 Å². The highest BCUT2D eigenvalue weighted by Crippen LogP contribution is 2.45. The number of halogens is 1. The predicted molar refractivity (Wildman–Crippen MR) is 152 cm³/mol. The lowest BCUT2D eigenvalue weighted by Crippen LogP contribution is -2.40. The van der Waals surface area contributed by atoms with Gasteiger partial charge in [0.05, 0.1) is 24.1 Å². The maximum atomic E-state index is 11.3. The molecular weight excluding hydrogens is 508 g/mol. The fourth-order valence-corrected chi connectivity index (χ4v) is 5.01. The molecule has 1 saturated carbocycles. The standard InChI is InChI=1S/C29H41ClN2O6/c1-9-24(28(34)35)38-32-23-13-11-18(3)29(6,20(23)5)15-14-17(2)10-12-21-26(33)22(16-31-37-8)19(4)25(30)27(21)36-7/h10,14-16,18,20,24,33H,9,11-13H2,1-8H3,(H,34,35)/b15-14+,17-10+,31-16+,32-23+/t18-,20+,24?,29+/m1/s1. The van der Waals surface area contributed by atoms with E-state index >= 15 is 0 Å². The minimum Gasteiger partial charge on any atom is -0.507 e. The molecule has 0 spiro atoms. The van der Waals surface area contributed by atoms with Crippen molar-refractivity contribution in [2.45, 2.75) is 73.3 Å². The van der Waals surface area contributed by atoms with E-state index in [-0.39, 0.29) is 17.1 Å². The normalized spacial score (nSPS) is 24.2. The van der Waals surface area contributed by atoms with Crippen molar-refractivity contribution >= 4 is 29.5 Å². The fourth-order valence-electron chi connectivity index (χ4n) is 4.71. The van der Waals surface area contributed by atoms with E-state index in [1.165, 1.54) is 20.4 Å². The SMILES string of the molecule is CCC(O/N=C1\CC[C@@H](C)[C@](C)(/C=C/C(C)=C/Cc2c(O)c(/C=N/OC)c(C)c(Cl)c2OC)[C@H]1C)C(=O)O. The topological polar surface area (TPSA) is 110 Å². The maximum absolute atomic E-state index is 11.3. The van der Waals surface area contributed by atoms with Crippen LogP contribution < -0.4 is 4.74 Å². The number of ether oxygens (including phenoxy) is 1. The summed E-state index contributed by atoms with van der Waals surface area (Å²) >= 11 is 6.54. The van der Waals surface area contributed by atoms with Crippen LogP contribution in [0.4, 0.5) is 0 Å². The number of oxime groups is 2. The van der Waals surface area contributed by atoms with Crippen molar-refractivity contribution in [3.63, 3.8) is 0 Å². The lowest BCUT2D eigenvalue weighted by Gasteiger charge is -2.43. The lowest BCUT2D eigenvalue weighted by molar-refractivity contribution is -0.150. The number of hydrogen-bond acceptors (Lipinski definition) is 7. The van der Waals surface area contributed by atoms with E-state index in [9.17, 15) is 15.0 Å². The molecule has 0 aliphatic heterocycles. The smallest absolute Gasteiger partial charge is 0.347 e. The van der Waals surface area contributed by atoms with Crippen LogP contribution in [-0.4, -0.2) is 48.4 Å². The largest absolute Gasteiger partial charge is 0.507 e. The summed E-state index contributed by atoms with van der Waals surface area (Å²) in [6, 6.07) is 0. The van der Waals surface area contributed by atoms with Gasteiger partial charge in [0, 0.05) is 17.0 Å². The van der Waals surface area contributed by atoms with Crippen molar-refractivity contribution in [2.24, 2.45) is 27.6 Å². The van der Waals surface area contributed by atoms with Gasteiger partial charge in [0.2, 0.25) is 6.10 Å². The third-order valence-corrected chi connectivity index (χ3v) is 8.30. The Balaban J connectivity index is 2.32. The van der Waals surface area contributed by atoms with E-state index in [1.807, 2.05) is 13.0 Å².